The van der Waals surface area contributed by atoms with Crippen molar-refractivity contribution in [3.8, 4) is 0 Å². The van der Waals surface area contributed by atoms with Gasteiger partial charge in [-0.15, -0.1) is 11.3 Å². The zero-order valence-electron chi connectivity index (χ0n) is 21.7. The SMILES string of the molecule is O=C(Cc1csc(NC(c2ccccc2)(c2ccccc2)c2ccccc2)n1)N[C@@H](Cc1ccccc1)C(=O)O. The summed E-state index contributed by atoms with van der Waals surface area (Å²) in [5.74, 6) is -1.46. The van der Waals surface area contributed by atoms with E-state index in [0.717, 1.165) is 22.3 Å². The number of nitrogens with one attached hydrogen (secondary N) is 2. The number of thiazole rings is 1. The molecule has 4 aromatic carbocycles. The molecule has 5 rings (SSSR count). The van der Waals surface area contributed by atoms with Crippen LogP contribution in [-0.4, -0.2) is 28.0 Å². The minimum atomic E-state index is -1.07. The van der Waals surface area contributed by atoms with Crippen molar-refractivity contribution >= 4 is 28.3 Å². The fourth-order valence-corrected chi connectivity index (χ4v) is 5.61. The molecule has 1 heterocycles. The zero-order chi connectivity index (χ0) is 27.8. The first-order chi connectivity index (χ1) is 19.5. The van der Waals surface area contributed by atoms with Crippen LogP contribution in [0.4, 0.5) is 5.13 Å². The van der Waals surface area contributed by atoms with E-state index in [9.17, 15) is 14.7 Å². The van der Waals surface area contributed by atoms with E-state index in [-0.39, 0.29) is 18.7 Å². The molecule has 0 unspecified atom stereocenters. The molecule has 7 heteroatoms. The van der Waals surface area contributed by atoms with Crippen LogP contribution in [0.5, 0.6) is 0 Å². The number of hydrogen-bond acceptors (Lipinski definition) is 5. The van der Waals surface area contributed by atoms with Crippen LogP contribution in [0.3, 0.4) is 0 Å². The number of aliphatic carboxylic acids is 1. The van der Waals surface area contributed by atoms with Crippen LogP contribution in [0, 0.1) is 0 Å². The molecule has 1 aromatic heterocycles. The number of rotatable bonds is 11. The third-order valence-corrected chi connectivity index (χ3v) is 7.53. The Hall–Kier alpha value is -4.75. The number of aromatic nitrogens is 1. The van der Waals surface area contributed by atoms with Crippen molar-refractivity contribution in [1.82, 2.24) is 10.3 Å². The van der Waals surface area contributed by atoms with E-state index >= 15 is 0 Å². The Balaban J connectivity index is 1.41. The maximum absolute atomic E-state index is 12.8. The summed E-state index contributed by atoms with van der Waals surface area (Å²) in [6.07, 6.45) is 0.186. The highest BCUT2D eigenvalue weighted by atomic mass is 32.1. The molecule has 5 aromatic rings. The smallest absolute Gasteiger partial charge is 0.326 e. The average Bonchev–Trinajstić information content (AvgIpc) is 3.43. The summed E-state index contributed by atoms with van der Waals surface area (Å²) < 4.78 is 0. The minimum Gasteiger partial charge on any atom is -0.480 e. The maximum Gasteiger partial charge on any atom is 0.326 e. The van der Waals surface area contributed by atoms with E-state index in [2.05, 4.69) is 47.0 Å². The molecule has 40 heavy (non-hydrogen) atoms. The molecule has 0 fully saturated rings. The van der Waals surface area contributed by atoms with E-state index in [1.165, 1.54) is 11.3 Å². The van der Waals surface area contributed by atoms with Gasteiger partial charge in [-0.2, -0.15) is 0 Å². The van der Waals surface area contributed by atoms with Crippen LogP contribution in [0.1, 0.15) is 27.9 Å². The number of carbonyl (C=O) groups excluding carboxylic acids is 1. The predicted octanol–water partition coefficient (Wildman–Crippen LogP) is 5.90. The van der Waals surface area contributed by atoms with Crippen molar-refractivity contribution in [2.75, 3.05) is 5.32 Å². The van der Waals surface area contributed by atoms with Gasteiger partial charge in [0.05, 0.1) is 12.1 Å². The third kappa shape index (κ3) is 6.11. The number of carbonyl (C=O) groups is 2. The van der Waals surface area contributed by atoms with E-state index < -0.39 is 17.6 Å². The topological polar surface area (TPSA) is 91.3 Å². The fraction of sp³-hybridized carbons (Fsp3) is 0.121. The average molecular weight is 548 g/mol. The van der Waals surface area contributed by atoms with Gasteiger partial charge in [-0.1, -0.05) is 121 Å². The van der Waals surface area contributed by atoms with Gasteiger partial charge in [-0.05, 0) is 22.3 Å². The largest absolute Gasteiger partial charge is 0.480 e. The number of anilines is 1. The first-order valence-corrected chi connectivity index (χ1v) is 13.9. The summed E-state index contributed by atoms with van der Waals surface area (Å²) >= 11 is 1.41. The number of nitrogens with zero attached hydrogens (tertiary/aromatic N) is 1. The zero-order valence-corrected chi connectivity index (χ0v) is 22.6. The number of benzene rings is 4. The predicted molar refractivity (Wildman–Crippen MR) is 158 cm³/mol. The number of carboxylic acid groups (broad SMARTS) is 1. The number of amides is 1. The molecular weight excluding hydrogens is 518 g/mol. The first-order valence-electron chi connectivity index (χ1n) is 13.0. The highest BCUT2D eigenvalue weighted by Crippen LogP contribution is 2.40. The van der Waals surface area contributed by atoms with Crippen LogP contribution >= 0.6 is 11.3 Å². The normalized spacial score (nSPS) is 11.9. The van der Waals surface area contributed by atoms with Crippen molar-refractivity contribution in [2.24, 2.45) is 0 Å². The van der Waals surface area contributed by atoms with Crippen molar-refractivity contribution < 1.29 is 14.7 Å². The standard InChI is InChI=1S/C33H29N3O3S/c37-30(35-29(31(38)39)21-24-13-5-1-6-14-24)22-28-23-40-32(34-28)36-33(25-15-7-2-8-16-25,26-17-9-3-10-18-26)27-19-11-4-12-20-27/h1-20,23,29H,21-22H2,(H,34,36)(H,35,37)(H,38,39)/t29-/m0/s1. The second kappa shape index (κ2) is 12.4. The second-order valence-electron chi connectivity index (χ2n) is 9.44. The molecule has 0 bridgehead atoms. The molecule has 0 aliphatic rings. The summed E-state index contributed by atoms with van der Waals surface area (Å²) in [7, 11) is 0. The van der Waals surface area contributed by atoms with Gasteiger partial charge in [0.15, 0.2) is 5.13 Å². The summed E-state index contributed by atoms with van der Waals surface area (Å²) in [4.78, 5) is 29.4. The van der Waals surface area contributed by atoms with Crippen molar-refractivity contribution in [3.63, 3.8) is 0 Å². The van der Waals surface area contributed by atoms with Gasteiger partial charge in [0.1, 0.15) is 11.6 Å². The molecular formula is C33H29N3O3S. The minimum absolute atomic E-state index is 0.0221. The van der Waals surface area contributed by atoms with E-state index in [1.807, 2.05) is 90.3 Å². The molecule has 0 aliphatic heterocycles. The second-order valence-corrected chi connectivity index (χ2v) is 10.3. The summed E-state index contributed by atoms with van der Waals surface area (Å²) in [5.41, 5.74) is 3.82. The van der Waals surface area contributed by atoms with Gasteiger partial charge in [0, 0.05) is 11.8 Å². The van der Waals surface area contributed by atoms with Crippen LogP contribution < -0.4 is 10.6 Å². The van der Waals surface area contributed by atoms with Gasteiger partial charge in [-0.3, -0.25) is 4.79 Å². The van der Waals surface area contributed by atoms with Crippen LogP contribution in [0.25, 0.3) is 0 Å². The van der Waals surface area contributed by atoms with Crippen LogP contribution in [0.2, 0.25) is 0 Å². The highest BCUT2D eigenvalue weighted by molar-refractivity contribution is 7.13. The Labute approximate surface area is 237 Å². The molecule has 0 spiro atoms. The Bertz CT molecular complexity index is 1440. The van der Waals surface area contributed by atoms with E-state index in [0.29, 0.717) is 10.8 Å². The quantitative estimate of drug-likeness (QED) is 0.179. The Morgan fingerprint density at radius 1 is 0.750 bits per heavy atom. The van der Waals surface area contributed by atoms with Gasteiger partial charge in [-0.25, -0.2) is 9.78 Å². The van der Waals surface area contributed by atoms with Gasteiger partial charge < -0.3 is 15.7 Å². The lowest BCUT2D eigenvalue weighted by Crippen LogP contribution is -2.43. The Morgan fingerprint density at radius 2 is 1.23 bits per heavy atom. The fourth-order valence-electron chi connectivity index (χ4n) is 4.85. The molecule has 0 radical (unpaired) electrons. The highest BCUT2D eigenvalue weighted by Gasteiger charge is 2.37. The monoisotopic (exact) mass is 547 g/mol. The van der Waals surface area contributed by atoms with Gasteiger partial charge >= 0.3 is 5.97 Å². The van der Waals surface area contributed by atoms with E-state index in [1.54, 1.807) is 0 Å². The molecule has 1 atom stereocenters. The Morgan fingerprint density at radius 3 is 1.70 bits per heavy atom. The lowest BCUT2D eigenvalue weighted by Gasteiger charge is -2.36. The Kier molecular flexibility index (Phi) is 8.32. The number of carboxylic acids is 1. The summed E-state index contributed by atoms with van der Waals surface area (Å²) in [6, 6.07) is 38.9. The first kappa shape index (κ1) is 26.8. The molecule has 0 aliphatic carbocycles. The molecule has 0 saturated heterocycles. The van der Waals surface area contributed by atoms with Crippen LogP contribution in [-0.2, 0) is 28.0 Å². The van der Waals surface area contributed by atoms with Crippen molar-refractivity contribution in [1.29, 1.82) is 0 Å². The third-order valence-electron chi connectivity index (χ3n) is 6.72. The lowest BCUT2D eigenvalue weighted by molar-refractivity contribution is -0.141. The maximum atomic E-state index is 12.8. The van der Waals surface area contributed by atoms with E-state index in [4.69, 9.17) is 4.98 Å². The van der Waals surface area contributed by atoms with Gasteiger partial charge in [0.2, 0.25) is 5.91 Å². The van der Waals surface area contributed by atoms with Crippen LogP contribution in [0.15, 0.2) is 127 Å². The lowest BCUT2D eigenvalue weighted by atomic mass is 9.77. The summed E-state index contributed by atoms with van der Waals surface area (Å²) in [5, 5.41) is 18.5. The summed E-state index contributed by atoms with van der Waals surface area (Å²) in [6.45, 7) is 0. The molecule has 1 amide bonds. The molecule has 200 valence electrons. The molecule has 3 N–H and O–H groups in total. The molecule has 6 nitrogen and oxygen atoms in total. The van der Waals surface area contributed by atoms with Crippen molar-refractivity contribution in [3.05, 3.63) is 155 Å². The number of hydrogen-bond donors (Lipinski definition) is 3. The molecule has 0 saturated carbocycles. The van der Waals surface area contributed by atoms with Gasteiger partial charge in [0.25, 0.3) is 0 Å². The van der Waals surface area contributed by atoms with Crippen molar-refractivity contribution in [2.45, 2.75) is 24.4 Å².